The van der Waals surface area contributed by atoms with E-state index in [0.29, 0.717) is 28.1 Å². The maximum Gasteiger partial charge on any atom is 0.413 e. The van der Waals surface area contributed by atoms with E-state index in [9.17, 15) is 10.1 Å². The van der Waals surface area contributed by atoms with E-state index in [-0.39, 0.29) is 11.4 Å². The monoisotopic (exact) mass is 460 g/mol. The van der Waals surface area contributed by atoms with Crippen LogP contribution in [0.4, 0.5) is 10.6 Å². The summed E-state index contributed by atoms with van der Waals surface area (Å²) in [6.45, 7) is 13.0. The molecule has 0 unspecified atom stereocenters. The average Bonchev–Trinajstić information content (AvgIpc) is 3.25. The zero-order valence-corrected chi connectivity index (χ0v) is 20.7. The Morgan fingerprint density at radius 3 is 2.53 bits per heavy atom. The van der Waals surface area contributed by atoms with Gasteiger partial charge in [0.05, 0.1) is 23.9 Å². The number of furan rings is 1. The van der Waals surface area contributed by atoms with Crippen LogP contribution >= 0.6 is 0 Å². The molecule has 0 aliphatic heterocycles. The zero-order chi connectivity index (χ0) is 24.9. The number of aromatic nitrogens is 2. The largest absolute Gasteiger partial charge is 0.496 e. The fourth-order valence-electron chi connectivity index (χ4n) is 4.30. The van der Waals surface area contributed by atoms with Crippen molar-refractivity contribution in [3.05, 3.63) is 46.3 Å². The maximum atomic E-state index is 12.9. The summed E-state index contributed by atoms with van der Waals surface area (Å²) in [7, 11) is 1.60. The Hall–Kier alpha value is -3.99. The maximum absolute atomic E-state index is 12.9. The molecule has 1 amide bonds. The van der Waals surface area contributed by atoms with Crippen LogP contribution in [0.1, 0.15) is 48.9 Å². The van der Waals surface area contributed by atoms with Crippen molar-refractivity contribution in [3.63, 3.8) is 0 Å². The number of carbonyl (C=O) groups excluding carboxylic acids is 1. The highest BCUT2D eigenvalue weighted by atomic mass is 16.6. The topological polar surface area (TPSA) is 102 Å². The summed E-state index contributed by atoms with van der Waals surface area (Å²) < 4.78 is 18.9. The predicted octanol–water partition coefficient (Wildman–Crippen LogP) is 6.23. The fourth-order valence-corrected chi connectivity index (χ4v) is 4.30. The van der Waals surface area contributed by atoms with E-state index in [1.54, 1.807) is 32.4 Å². The van der Waals surface area contributed by atoms with Gasteiger partial charge in [-0.15, -0.1) is 0 Å². The average molecular weight is 461 g/mol. The molecule has 8 nitrogen and oxygen atoms in total. The highest BCUT2D eigenvalue weighted by Gasteiger charge is 2.29. The number of hydrogen-bond donors (Lipinski definition) is 1. The first-order valence-corrected chi connectivity index (χ1v) is 11.0. The quantitative estimate of drug-likeness (QED) is 0.389. The first kappa shape index (κ1) is 23.2. The number of ether oxygens (including phenoxy) is 2. The van der Waals surface area contributed by atoms with Crippen LogP contribution in [0.5, 0.6) is 5.75 Å². The summed E-state index contributed by atoms with van der Waals surface area (Å²) >= 11 is 0. The number of benzene rings is 1. The van der Waals surface area contributed by atoms with E-state index < -0.39 is 11.7 Å². The number of nitrogens with zero attached hydrogens (tertiary/aromatic N) is 3. The SMILES string of the molecule is COc1ccc(C)c(-n2c(NC(=O)OC(C)(C)C)c(C#N)c3c4oc(C)cc4c(C)nc32)c1C. The number of nitrogens with one attached hydrogen (secondary N) is 1. The van der Waals surface area contributed by atoms with Crippen molar-refractivity contribution >= 4 is 33.9 Å². The number of aryl methyl sites for hydroxylation is 3. The summed E-state index contributed by atoms with van der Waals surface area (Å²) in [6, 6.07) is 7.98. The number of hydrogen-bond acceptors (Lipinski definition) is 6. The minimum Gasteiger partial charge on any atom is -0.496 e. The van der Waals surface area contributed by atoms with Crippen molar-refractivity contribution in [2.45, 2.75) is 54.1 Å². The van der Waals surface area contributed by atoms with Crippen LogP contribution in [0.15, 0.2) is 22.6 Å². The van der Waals surface area contributed by atoms with E-state index in [1.807, 2.05) is 45.9 Å². The summed E-state index contributed by atoms with van der Waals surface area (Å²) in [6.07, 6.45) is -0.671. The minimum absolute atomic E-state index is 0.245. The van der Waals surface area contributed by atoms with Gasteiger partial charge in [-0.25, -0.2) is 9.78 Å². The zero-order valence-electron chi connectivity index (χ0n) is 20.7. The first-order valence-electron chi connectivity index (χ1n) is 11.0. The number of carbonyl (C=O) groups is 1. The molecule has 1 N–H and O–H groups in total. The summed E-state index contributed by atoms with van der Waals surface area (Å²) in [4.78, 5) is 17.7. The van der Waals surface area contributed by atoms with Crippen molar-refractivity contribution < 1.29 is 18.7 Å². The number of amides is 1. The van der Waals surface area contributed by atoms with E-state index in [2.05, 4.69) is 11.4 Å². The van der Waals surface area contributed by atoms with E-state index >= 15 is 0 Å². The van der Waals surface area contributed by atoms with Crippen LogP contribution in [-0.4, -0.2) is 28.4 Å². The van der Waals surface area contributed by atoms with Gasteiger partial charge >= 0.3 is 6.09 Å². The molecule has 0 radical (unpaired) electrons. The van der Waals surface area contributed by atoms with Gasteiger partial charge < -0.3 is 13.9 Å². The second kappa shape index (κ2) is 8.10. The van der Waals surface area contributed by atoms with Crippen molar-refractivity contribution in [2.75, 3.05) is 12.4 Å². The lowest BCUT2D eigenvalue weighted by atomic mass is 10.1. The van der Waals surface area contributed by atoms with Gasteiger partial charge in [-0.1, -0.05) is 6.07 Å². The molecule has 1 aromatic carbocycles. The number of rotatable bonds is 3. The van der Waals surface area contributed by atoms with Crippen LogP contribution in [0.25, 0.3) is 27.7 Å². The molecular weight excluding hydrogens is 432 g/mol. The molecule has 176 valence electrons. The lowest BCUT2D eigenvalue weighted by Crippen LogP contribution is -2.28. The van der Waals surface area contributed by atoms with Crippen molar-refractivity contribution in [1.29, 1.82) is 5.26 Å². The third kappa shape index (κ3) is 3.73. The molecule has 3 heterocycles. The molecule has 0 bridgehead atoms. The molecule has 0 saturated heterocycles. The Balaban J connectivity index is 2.16. The number of nitriles is 1. The van der Waals surface area contributed by atoms with Gasteiger partial charge in [-0.2, -0.15) is 5.26 Å². The molecule has 4 rings (SSSR count). The Bertz CT molecular complexity index is 1500. The smallest absolute Gasteiger partial charge is 0.413 e. The number of pyridine rings is 1. The molecule has 0 fully saturated rings. The van der Waals surface area contributed by atoms with Crippen molar-refractivity contribution in [3.8, 4) is 17.5 Å². The van der Waals surface area contributed by atoms with Gasteiger partial charge in [0.15, 0.2) is 5.65 Å². The predicted molar refractivity (Wildman–Crippen MR) is 131 cm³/mol. The molecule has 34 heavy (non-hydrogen) atoms. The molecule has 3 aromatic heterocycles. The van der Waals surface area contributed by atoms with Gasteiger partial charge in [0.1, 0.15) is 40.1 Å². The van der Waals surface area contributed by atoms with E-state index in [4.69, 9.17) is 18.9 Å². The number of methoxy groups -OCH3 is 1. The van der Waals surface area contributed by atoms with Crippen LogP contribution in [0.3, 0.4) is 0 Å². The van der Waals surface area contributed by atoms with Gasteiger partial charge in [-0.05, 0) is 66.2 Å². The molecule has 0 aliphatic carbocycles. The molecule has 0 saturated carbocycles. The molecule has 8 heteroatoms. The van der Waals surface area contributed by atoms with Gasteiger partial charge in [0.25, 0.3) is 0 Å². The van der Waals surface area contributed by atoms with Crippen molar-refractivity contribution in [1.82, 2.24) is 9.55 Å². The van der Waals surface area contributed by atoms with E-state index in [0.717, 1.165) is 27.9 Å². The molecule has 0 aliphatic rings. The van der Waals surface area contributed by atoms with Gasteiger partial charge in [0.2, 0.25) is 0 Å². The molecule has 4 aromatic rings. The highest BCUT2D eigenvalue weighted by molar-refractivity contribution is 6.10. The van der Waals surface area contributed by atoms with Crippen LogP contribution < -0.4 is 10.1 Å². The fraction of sp³-hybridized carbons (Fsp3) is 0.346. The standard InChI is InChI=1S/C26H28N4O4/c1-13-9-10-19(32-8)15(3)21(13)30-23(29-25(31)34-26(5,6)7)18(12-27)20-22-17(11-14(2)33-22)16(4)28-24(20)30/h9-11H,1-8H3,(H,29,31). The number of anilines is 1. The van der Waals surface area contributed by atoms with Crippen LogP contribution in [-0.2, 0) is 4.74 Å². The molecular formula is C26H28N4O4. The molecule has 0 atom stereocenters. The van der Waals surface area contributed by atoms with Crippen LogP contribution in [0, 0.1) is 39.0 Å². The Morgan fingerprint density at radius 2 is 1.91 bits per heavy atom. The summed E-state index contributed by atoms with van der Waals surface area (Å²) in [5.41, 5.74) is 3.86. The van der Waals surface area contributed by atoms with Gasteiger partial charge in [0, 0.05) is 10.9 Å². The summed E-state index contributed by atoms with van der Waals surface area (Å²) in [5, 5.41) is 14.4. The number of fused-ring (bicyclic) bond motifs is 3. The second-order valence-corrected chi connectivity index (χ2v) is 9.35. The second-order valence-electron chi connectivity index (χ2n) is 9.35. The van der Waals surface area contributed by atoms with Crippen LogP contribution in [0.2, 0.25) is 0 Å². The molecule has 0 spiro atoms. The van der Waals surface area contributed by atoms with Gasteiger partial charge in [-0.3, -0.25) is 9.88 Å². The van der Waals surface area contributed by atoms with E-state index in [1.165, 1.54) is 0 Å². The normalized spacial score (nSPS) is 11.6. The Morgan fingerprint density at radius 1 is 1.21 bits per heavy atom. The third-order valence-corrected chi connectivity index (χ3v) is 5.65. The minimum atomic E-state index is -0.713. The van der Waals surface area contributed by atoms with Crippen molar-refractivity contribution in [2.24, 2.45) is 0 Å². The Kier molecular flexibility index (Phi) is 5.52. The first-order chi connectivity index (χ1) is 16.0. The third-order valence-electron chi connectivity index (χ3n) is 5.65. The highest BCUT2D eigenvalue weighted by Crippen LogP contribution is 2.41. The lowest BCUT2D eigenvalue weighted by molar-refractivity contribution is 0.0635. The Labute approximate surface area is 198 Å². The summed E-state index contributed by atoms with van der Waals surface area (Å²) in [5.74, 6) is 1.65. The lowest BCUT2D eigenvalue weighted by Gasteiger charge is -2.21.